The van der Waals surface area contributed by atoms with Gasteiger partial charge in [-0.3, -0.25) is 19.6 Å². The van der Waals surface area contributed by atoms with Crippen LogP contribution < -0.4 is 10.9 Å². The first kappa shape index (κ1) is 26.5. The molecule has 44 heavy (non-hydrogen) atoms. The first-order chi connectivity index (χ1) is 21.6. The van der Waals surface area contributed by atoms with E-state index in [1.165, 1.54) is 0 Å². The van der Waals surface area contributed by atoms with E-state index in [4.69, 9.17) is 0 Å². The summed E-state index contributed by atoms with van der Waals surface area (Å²) in [5.74, 6) is -0.953. The minimum Gasteiger partial charge on any atom is -0.266 e. The van der Waals surface area contributed by atoms with Crippen LogP contribution in [0.3, 0.4) is 0 Å². The number of pyridine rings is 4. The topological polar surface area (TPSA) is 134 Å². The van der Waals surface area contributed by atoms with Gasteiger partial charge in [0.2, 0.25) is 0 Å². The van der Waals surface area contributed by atoms with Gasteiger partial charge < -0.3 is 0 Å². The predicted molar refractivity (Wildman–Crippen MR) is 171 cm³/mol. The molecule has 210 valence electrons. The molecule has 0 atom stereocenters. The van der Waals surface area contributed by atoms with Crippen molar-refractivity contribution in [1.82, 2.24) is 30.8 Å². The van der Waals surface area contributed by atoms with Crippen LogP contribution in [-0.2, 0) is 0 Å². The minimum absolute atomic E-state index is 0.164. The maximum atomic E-state index is 12.9. The average Bonchev–Trinajstić information content (AvgIpc) is 3.07. The van der Waals surface area contributed by atoms with Crippen molar-refractivity contribution >= 4 is 67.9 Å². The molecular weight excluding hydrogens is 552 g/mol. The van der Waals surface area contributed by atoms with E-state index in [0.29, 0.717) is 11.0 Å². The van der Waals surface area contributed by atoms with Gasteiger partial charge in [-0.15, -0.1) is 0 Å². The summed E-state index contributed by atoms with van der Waals surface area (Å²) in [5.41, 5.74) is 9.76. The number of carbonyl (C=O) groups is 2. The monoisotopic (exact) mass is 574 g/mol. The summed E-state index contributed by atoms with van der Waals surface area (Å²) in [6.07, 6.45) is 6.60. The molecule has 0 spiro atoms. The summed E-state index contributed by atoms with van der Waals surface area (Å²) in [5, 5.41) is 11.7. The van der Waals surface area contributed by atoms with Gasteiger partial charge in [0, 0.05) is 33.9 Å². The van der Waals surface area contributed by atoms with Gasteiger partial charge in [-0.05, 0) is 59.7 Å². The van der Waals surface area contributed by atoms with E-state index < -0.39 is 11.8 Å². The second-order valence-electron chi connectivity index (χ2n) is 9.91. The summed E-state index contributed by atoms with van der Waals surface area (Å²) in [6, 6.07) is 29.7. The van der Waals surface area contributed by atoms with Crippen LogP contribution >= 0.6 is 0 Å². The molecule has 0 saturated carbocycles. The molecule has 4 heterocycles. The lowest BCUT2D eigenvalue weighted by Gasteiger charge is -2.07. The SMILES string of the molecule is O=C(NN=Cc1ccc2ncccc2c1)c1ccc2ccc3ccc(C(=O)NN=Cc4ccc5ncccc5c4)nc3c2n1. The Bertz CT molecular complexity index is 2140. The zero-order valence-corrected chi connectivity index (χ0v) is 23.0. The summed E-state index contributed by atoms with van der Waals surface area (Å²) < 4.78 is 0. The van der Waals surface area contributed by atoms with Crippen molar-refractivity contribution in [2.24, 2.45) is 10.2 Å². The summed E-state index contributed by atoms with van der Waals surface area (Å²) in [7, 11) is 0. The van der Waals surface area contributed by atoms with E-state index in [0.717, 1.165) is 43.7 Å². The maximum absolute atomic E-state index is 12.9. The number of rotatable bonds is 6. The molecule has 0 saturated heterocycles. The summed E-state index contributed by atoms with van der Waals surface area (Å²) in [6.45, 7) is 0. The molecular formula is C34H22N8O2. The van der Waals surface area contributed by atoms with Gasteiger partial charge in [-0.2, -0.15) is 10.2 Å². The van der Waals surface area contributed by atoms with Crippen molar-refractivity contribution in [2.45, 2.75) is 0 Å². The number of hydrogen-bond acceptors (Lipinski definition) is 8. The zero-order chi connectivity index (χ0) is 29.9. The van der Waals surface area contributed by atoms with Gasteiger partial charge in [0.25, 0.3) is 11.8 Å². The van der Waals surface area contributed by atoms with Crippen LogP contribution in [0.15, 0.2) is 120 Å². The quantitative estimate of drug-likeness (QED) is 0.155. The molecule has 2 N–H and O–H groups in total. The third-order valence-corrected chi connectivity index (χ3v) is 7.00. The fourth-order valence-corrected chi connectivity index (χ4v) is 4.81. The van der Waals surface area contributed by atoms with E-state index >= 15 is 0 Å². The highest BCUT2D eigenvalue weighted by Gasteiger charge is 2.13. The molecule has 2 amide bonds. The Morgan fingerprint density at radius 1 is 0.545 bits per heavy atom. The molecule has 10 heteroatoms. The number of aromatic nitrogens is 4. The van der Waals surface area contributed by atoms with E-state index in [2.05, 4.69) is 41.0 Å². The highest BCUT2D eigenvalue weighted by molar-refractivity contribution is 6.06. The van der Waals surface area contributed by atoms with Gasteiger partial charge in [-0.25, -0.2) is 20.8 Å². The lowest BCUT2D eigenvalue weighted by Crippen LogP contribution is -2.19. The van der Waals surface area contributed by atoms with Crippen LogP contribution in [0, 0.1) is 0 Å². The Hall–Kier alpha value is -6.42. The van der Waals surface area contributed by atoms with Crippen molar-refractivity contribution in [1.29, 1.82) is 0 Å². The Kier molecular flexibility index (Phi) is 6.89. The predicted octanol–water partition coefficient (Wildman–Crippen LogP) is 5.41. The van der Waals surface area contributed by atoms with Crippen molar-refractivity contribution in [2.75, 3.05) is 0 Å². The molecule has 0 bridgehead atoms. The van der Waals surface area contributed by atoms with Crippen molar-refractivity contribution in [3.63, 3.8) is 0 Å². The Balaban J connectivity index is 1.09. The van der Waals surface area contributed by atoms with Gasteiger partial charge in [0.15, 0.2) is 0 Å². The Morgan fingerprint density at radius 3 is 1.48 bits per heavy atom. The van der Waals surface area contributed by atoms with Crippen LogP contribution in [0.25, 0.3) is 43.6 Å². The second-order valence-corrected chi connectivity index (χ2v) is 9.91. The third-order valence-electron chi connectivity index (χ3n) is 7.00. The lowest BCUT2D eigenvalue weighted by molar-refractivity contribution is 0.0942. The number of nitrogens with one attached hydrogen (secondary N) is 2. The normalized spacial score (nSPS) is 11.6. The molecule has 0 aliphatic heterocycles. The maximum Gasteiger partial charge on any atom is 0.289 e. The molecule has 0 radical (unpaired) electrons. The number of amides is 2. The molecule has 3 aromatic carbocycles. The van der Waals surface area contributed by atoms with Gasteiger partial charge in [0.05, 0.1) is 34.5 Å². The number of carbonyl (C=O) groups excluding carboxylic acids is 2. The van der Waals surface area contributed by atoms with Crippen LogP contribution in [0.4, 0.5) is 0 Å². The second kappa shape index (κ2) is 11.5. The summed E-state index contributed by atoms with van der Waals surface area (Å²) >= 11 is 0. The standard InChI is InChI=1S/C34H22N8O2/c43-33(41-37-19-21-5-11-27-25(17-21)3-1-15-35-27)29-13-9-23-7-8-24-10-14-30(40-32(24)31(23)39-29)34(44)42-38-20-22-6-12-28-26(18-22)4-2-16-36-28/h1-20H,(H,41,43)(H,42,44). The lowest BCUT2D eigenvalue weighted by atomic mass is 10.1. The average molecular weight is 575 g/mol. The number of nitrogens with zero attached hydrogens (tertiary/aromatic N) is 6. The van der Waals surface area contributed by atoms with Crippen molar-refractivity contribution < 1.29 is 9.59 Å². The fourth-order valence-electron chi connectivity index (χ4n) is 4.81. The van der Waals surface area contributed by atoms with Crippen molar-refractivity contribution in [3.8, 4) is 0 Å². The first-order valence-corrected chi connectivity index (χ1v) is 13.7. The first-order valence-electron chi connectivity index (χ1n) is 13.7. The van der Waals surface area contributed by atoms with Gasteiger partial charge in [-0.1, -0.05) is 48.5 Å². The Labute approximate surface area is 250 Å². The van der Waals surface area contributed by atoms with Gasteiger partial charge in [0.1, 0.15) is 11.4 Å². The minimum atomic E-state index is -0.477. The zero-order valence-electron chi connectivity index (χ0n) is 23.0. The van der Waals surface area contributed by atoms with Crippen LogP contribution in [0.5, 0.6) is 0 Å². The van der Waals surface area contributed by atoms with Gasteiger partial charge >= 0.3 is 0 Å². The van der Waals surface area contributed by atoms with E-state index in [1.54, 1.807) is 49.1 Å². The number of fused-ring (bicyclic) bond motifs is 5. The van der Waals surface area contributed by atoms with Crippen LogP contribution in [0.1, 0.15) is 32.1 Å². The summed E-state index contributed by atoms with van der Waals surface area (Å²) in [4.78, 5) is 43.6. The van der Waals surface area contributed by atoms with Crippen LogP contribution in [0.2, 0.25) is 0 Å². The molecule has 7 aromatic rings. The molecule has 0 fully saturated rings. The van der Waals surface area contributed by atoms with Crippen LogP contribution in [-0.4, -0.2) is 44.2 Å². The molecule has 0 unspecified atom stereocenters. The molecule has 4 aromatic heterocycles. The number of hydrazone groups is 2. The van der Waals surface area contributed by atoms with E-state index in [-0.39, 0.29) is 11.4 Å². The van der Waals surface area contributed by atoms with E-state index in [1.807, 2.05) is 72.8 Å². The largest absolute Gasteiger partial charge is 0.289 e. The molecule has 10 nitrogen and oxygen atoms in total. The third kappa shape index (κ3) is 5.42. The highest BCUT2D eigenvalue weighted by atomic mass is 16.2. The number of benzene rings is 3. The molecule has 0 aliphatic carbocycles. The fraction of sp³-hybridized carbons (Fsp3) is 0. The smallest absolute Gasteiger partial charge is 0.266 e. The number of hydrogen-bond donors (Lipinski definition) is 2. The van der Waals surface area contributed by atoms with E-state index in [9.17, 15) is 9.59 Å². The Morgan fingerprint density at radius 2 is 1.00 bits per heavy atom. The molecule has 0 aliphatic rings. The van der Waals surface area contributed by atoms with Crippen molar-refractivity contribution in [3.05, 3.63) is 132 Å². The molecule has 7 rings (SSSR count). The highest BCUT2D eigenvalue weighted by Crippen LogP contribution is 2.23.